The van der Waals surface area contributed by atoms with Gasteiger partial charge in [0, 0.05) is 37.5 Å². The first-order chi connectivity index (χ1) is 12.7. The van der Waals surface area contributed by atoms with E-state index >= 15 is 0 Å². The Hall–Kier alpha value is -2.01. The number of amides is 1. The highest BCUT2D eigenvalue weighted by molar-refractivity contribution is 5.78. The molecule has 26 heavy (non-hydrogen) atoms. The van der Waals surface area contributed by atoms with Crippen LogP contribution in [0.4, 0.5) is 4.39 Å². The van der Waals surface area contributed by atoms with Crippen LogP contribution >= 0.6 is 0 Å². The summed E-state index contributed by atoms with van der Waals surface area (Å²) in [5, 5.41) is 0.844. The summed E-state index contributed by atoms with van der Waals surface area (Å²) in [6.45, 7) is 3.71. The molecule has 2 aliphatic rings. The number of hydrogen-bond acceptors (Lipinski definition) is 3. The highest BCUT2D eigenvalue weighted by Gasteiger charge is 2.26. The molecule has 0 N–H and O–H groups in total. The number of aromatic nitrogens is 1. The highest BCUT2D eigenvalue weighted by atomic mass is 19.1. The molecule has 0 unspecified atom stereocenters. The van der Waals surface area contributed by atoms with E-state index in [4.69, 9.17) is 4.98 Å². The van der Waals surface area contributed by atoms with Gasteiger partial charge in [0.2, 0.25) is 5.91 Å². The molecule has 1 aromatic carbocycles. The zero-order valence-electron chi connectivity index (χ0n) is 15.2. The van der Waals surface area contributed by atoms with Crippen molar-refractivity contribution in [3.05, 3.63) is 41.8 Å². The van der Waals surface area contributed by atoms with Crippen molar-refractivity contribution >= 4 is 16.8 Å². The van der Waals surface area contributed by atoms with Crippen LogP contribution in [0.25, 0.3) is 10.9 Å². The number of benzene rings is 1. The van der Waals surface area contributed by atoms with Gasteiger partial charge in [-0.2, -0.15) is 0 Å². The highest BCUT2D eigenvalue weighted by Crippen LogP contribution is 2.24. The molecule has 0 bridgehead atoms. The summed E-state index contributed by atoms with van der Waals surface area (Å²) in [5.74, 6) is 0.0930. The molecule has 5 heteroatoms. The first-order valence-electron chi connectivity index (χ1n) is 9.76. The van der Waals surface area contributed by atoms with Crippen LogP contribution in [0.2, 0.25) is 0 Å². The number of likely N-dealkylation sites (tertiary alicyclic amines) is 2. The molecule has 3 heterocycles. The van der Waals surface area contributed by atoms with Crippen molar-refractivity contribution in [2.75, 3.05) is 19.6 Å². The Morgan fingerprint density at radius 1 is 1.12 bits per heavy atom. The summed E-state index contributed by atoms with van der Waals surface area (Å²) in [7, 11) is 0. The van der Waals surface area contributed by atoms with Gasteiger partial charge in [0.05, 0.1) is 11.2 Å². The number of hydrogen-bond donors (Lipinski definition) is 0. The number of halogens is 1. The Morgan fingerprint density at radius 3 is 2.88 bits per heavy atom. The zero-order valence-corrected chi connectivity index (χ0v) is 15.2. The van der Waals surface area contributed by atoms with E-state index in [1.54, 1.807) is 6.07 Å². The summed E-state index contributed by atoms with van der Waals surface area (Å²) < 4.78 is 13.3. The normalized spacial score (nSPS) is 21.7. The maximum Gasteiger partial charge on any atom is 0.222 e. The Morgan fingerprint density at radius 2 is 2.04 bits per heavy atom. The topological polar surface area (TPSA) is 36.4 Å². The second-order valence-electron chi connectivity index (χ2n) is 7.53. The van der Waals surface area contributed by atoms with Crippen LogP contribution < -0.4 is 0 Å². The number of rotatable bonds is 5. The number of piperidine rings is 1. The van der Waals surface area contributed by atoms with E-state index in [-0.39, 0.29) is 5.82 Å². The number of carbonyl (C=O) groups is 1. The summed E-state index contributed by atoms with van der Waals surface area (Å²) in [6, 6.07) is 9.24. The molecule has 0 saturated carbocycles. The number of pyridine rings is 1. The molecule has 4 rings (SSSR count). The van der Waals surface area contributed by atoms with Crippen molar-refractivity contribution in [1.29, 1.82) is 0 Å². The molecule has 4 nitrogen and oxygen atoms in total. The molecule has 1 aromatic heterocycles. The molecule has 0 aliphatic carbocycles. The van der Waals surface area contributed by atoms with Gasteiger partial charge < -0.3 is 4.90 Å². The van der Waals surface area contributed by atoms with E-state index in [0.29, 0.717) is 11.9 Å². The fourth-order valence-corrected chi connectivity index (χ4v) is 4.28. The quantitative estimate of drug-likeness (QED) is 0.820. The second kappa shape index (κ2) is 7.70. The first kappa shape index (κ1) is 17.4. The van der Waals surface area contributed by atoms with Crippen molar-refractivity contribution in [1.82, 2.24) is 14.8 Å². The third kappa shape index (κ3) is 3.88. The third-order valence-electron chi connectivity index (χ3n) is 5.73. The van der Waals surface area contributed by atoms with Gasteiger partial charge in [0.25, 0.3) is 0 Å². The van der Waals surface area contributed by atoms with E-state index in [0.717, 1.165) is 62.0 Å². The Labute approximate surface area is 154 Å². The first-order valence-corrected chi connectivity index (χ1v) is 9.76. The van der Waals surface area contributed by atoms with Crippen molar-refractivity contribution in [3.63, 3.8) is 0 Å². The smallest absolute Gasteiger partial charge is 0.222 e. The maximum atomic E-state index is 13.3. The van der Waals surface area contributed by atoms with Crippen LogP contribution in [-0.4, -0.2) is 46.4 Å². The molecule has 2 fully saturated rings. The predicted molar refractivity (Wildman–Crippen MR) is 100 cm³/mol. The lowest BCUT2D eigenvalue weighted by Crippen LogP contribution is -2.41. The molecule has 1 amide bonds. The van der Waals surface area contributed by atoms with E-state index in [1.165, 1.54) is 31.4 Å². The minimum absolute atomic E-state index is 0.223. The SMILES string of the molecule is O=C1CCCN1CC[C@H]1CCCCN1Cc1ccc2cc(F)ccc2n1. The molecule has 138 valence electrons. The Kier molecular flexibility index (Phi) is 5.16. The minimum Gasteiger partial charge on any atom is -0.343 e. The predicted octanol–water partition coefficient (Wildman–Crippen LogP) is 3.74. The van der Waals surface area contributed by atoms with Gasteiger partial charge in [0.1, 0.15) is 5.82 Å². The molecule has 2 saturated heterocycles. The molecule has 2 aliphatic heterocycles. The molecule has 2 aromatic rings. The monoisotopic (exact) mass is 355 g/mol. The molecule has 1 atom stereocenters. The maximum absolute atomic E-state index is 13.3. The summed E-state index contributed by atoms with van der Waals surface area (Å²) >= 11 is 0. The zero-order chi connectivity index (χ0) is 17.9. The summed E-state index contributed by atoms with van der Waals surface area (Å²) in [5.41, 5.74) is 1.88. The number of nitrogens with zero attached hydrogens (tertiary/aromatic N) is 3. The van der Waals surface area contributed by atoms with Crippen LogP contribution in [-0.2, 0) is 11.3 Å². The van der Waals surface area contributed by atoms with Gasteiger partial charge in [0.15, 0.2) is 0 Å². The van der Waals surface area contributed by atoms with Gasteiger partial charge >= 0.3 is 0 Å². The fraction of sp³-hybridized carbons (Fsp3) is 0.524. The number of carbonyl (C=O) groups excluding carboxylic acids is 1. The van der Waals surface area contributed by atoms with Crippen LogP contribution in [0.15, 0.2) is 30.3 Å². The second-order valence-corrected chi connectivity index (χ2v) is 7.53. The lowest BCUT2D eigenvalue weighted by molar-refractivity contribution is -0.127. The van der Waals surface area contributed by atoms with Crippen LogP contribution in [0.3, 0.4) is 0 Å². The summed E-state index contributed by atoms with van der Waals surface area (Å²) in [6.07, 6.45) is 6.45. The Balaban J connectivity index is 1.42. The largest absolute Gasteiger partial charge is 0.343 e. The van der Waals surface area contributed by atoms with Crippen LogP contribution in [0.5, 0.6) is 0 Å². The molecule has 0 radical (unpaired) electrons. The molecular weight excluding hydrogens is 329 g/mol. The third-order valence-corrected chi connectivity index (χ3v) is 5.73. The standard InChI is InChI=1S/C21H26FN3O/c22-17-7-9-20-16(14-17)6-8-18(23-20)15-25-11-2-1-4-19(25)10-13-24-12-3-5-21(24)26/h6-9,14,19H,1-5,10-13,15H2/t19-/m1/s1. The number of fused-ring (bicyclic) bond motifs is 1. The van der Waals surface area contributed by atoms with Crippen molar-refractivity contribution in [3.8, 4) is 0 Å². The van der Waals surface area contributed by atoms with Gasteiger partial charge in [-0.15, -0.1) is 0 Å². The van der Waals surface area contributed by atoms with E-state index in [2.05, 4.69) is 4.90 Å². The van der Waals surface area contributed by atoms with Crippen molar-refractivity contribution < 1.29 is 9.18 Å². The average molecular weight is 355 g/mol. The van der Waals surface area contributed by atoms with E-state index in [1.807, 2.05) is 17.0 Å². The van der Waals surface area contributed by atoms with Gasteiger partial charge in [-0.1, -0.05) is 12.5 Å². The van der Waals surface area contributed by atoms with Gasteiger partial charge in [-0.3, -0.25) is 14.7 Å². The van der Waals surface area contributed by atoms with Gasteiger partial charge in [-0.05, 0) is 56.5 Å². The van der Waals surface area contributed by atoms with E-state index in [9.17, 15) is 9.18 Å². The molecular formula is C21H26FN3O. The lowest BCUT2D eigenvalue weighted by atomic mass is 9.98. The fourth-order valence-electron chi connectivity index (χ4n) is 4.28. The van der Waals surface area contributed by atoms with E-state index < -0.39 is 0 Å². The summed E-state index contributed by atoms with van der Waals surface area (Å²) in [4.78, 5) is 21.1. The van der Waals surface area contributed by atoms with Crippen LogP contribution in [0.1, 0.15) is 44.2 Å². The molecule has 0 spiro atoms. The van der Waals surface area contributed by atoms with Crippen molar-refractivity contribution in [2.24, 2.45) is 0 Å². The average Bonchev–Trinajstić information content (AvgIpc) is 3.06. The minimum atomic E-state index is -0.223. The Bertz CT molecular complexity index is 794. The lowest BCUT2D eigenvalue weighted by Gasteiger charge is -2.36. The van der Waals surface area contributed by atoms with Crippen LogP contribution in [0, 0.1) is 5.82 Å². The van der Waals surface area contributed by atoms with Crippen molar-refractivity contribution in [2.45, 2.75) is 51.1 Å². The van der Waals surface area contributed by atoms with Gasteiger partial charge in [-0.25, -0.2) is 4.39 Å².